The highest BCUT2D eigenvalue weighted by Crippen LogP contribution is 2.40. The van der Waals surface area contributed by atoms with Crippen molar-refractivity contribution in [3.63, 3.8) is 0 Å². The highest BCUT2D eigenvalue weighted by Gasteiger charge is 2.28. The summed E-state index contributed by atoms with van der Waals surface area (Å²) in [6.45, 7) is 7.23. The van der Waals surface area contributed by atoms with Crippen LogP contribution in [-0.2, 0) is 13.0 Å². The van der Waals surface area contributed by atoms with Crippen molar-refractivity contribution in [1.82, 2.24) is 14.8 Å². The molecular formula is C24H29ClN4O3S. The fraction of sp³-hybridized carbons (Fsp3) is 0.375. The quantitative estimate of drug-likeness (QED) is 0.462. The third kappa shape index (κ3) is 4.83. The van der Waals surface area contributed by atoms with Gasteiger partial charge in [0.2, 0.25) is 0 Å². The molecule has 0 saturated carbocycles. The zero-order valence-electron chi connectivity index (χ0n) is 19.3. The van der Waals surface area contributed by atoms with Crippen LogP contribution in [0.2, 0.25) is 5.02 Å². The molecule has 33 heavy (non-hydrogen) atoms. The number of nitrogens with zero attached hydrogens (tertiary/aromatic N) is 2. The molecule has 4 rings (SSSR count). The molecule has 176 valence electrons. The van der Waals surface area contributed by atoms with Crippen LogP contribution in [-0.4, -0.2) is 42.8 Å². The second-order valence-corrected chi connectivity index (χ2v) is 9.43. The number of amides is 2. The number of carbonyl (C=O) groups is 1. The number of nitrogens with one attached hydrogen (secondary N) is 2. The Morgan fingerprint density at radius 3 is 2.61 bits per heavy atom. The van der Waals surface area contributed by atoms with Gasteiger partial charge in [0, 0.05) is 42.0 Å². The van der Waals surface area contributed by atoms with Gasteiger partial charge in [-0.1, -0.05) is 18.5 Å². The number of benzene rings is 1. The van der Waals surface area contributed by atoms with E-state index in [9.17, 15) is 4.79 Å². The first-order valence-electron chi connectivity index (χ1n) is 10.9. The van der Waals surface area contributed by atoms with Crippen LogP contribution in [0.3, 0.4) is 0 Å². The van der Waals surface area contributed by atoms with Crippen LogP contribution >= 0.6 is 22.9 Å². The smallest absolute Gasteiger partial charge is 0.319 e. The molecule has 0 fully saturated rings. The van der Waals surface area contributed by atoms with E-state index in [4.69, 9.17) is 21.1 Å². The number of rotatable bonds is 7. The van der Waals surface area contributed by atoms with Gasteiger partial charge in [0.05, 0.1) is 31.0 Å². The minimum Gasteiger partial charge on any atom is -0.495 e. The van der Waals surface area contributed by atoms with E-state index in [2.05, 4.69) is 39.4 Å². The van der Waals surface area contributed by atoms with Gasteiger partial charge in [-0.25, -0.2) is 4.79 Å². The first-order valence-corrected chi connectivity index (χ1v) is 12.1. The third-order valence-corrected chi connectivity index (χ3v) is 7.49. The molecule has 0 radical (unpaired) electrons. The Bertz CT molecular complexity index is 1130. The predicted octanol–water partition coefficient (Wildman–Crippen LogP) is 5.47. The second kappa shape index (κ2) is 10.1. The van der Waals surface area contributed by atoms with Gasteiger partial charge in [-0.05, 0) is 43.7 Å². The van der Waals surface area contributed by atoms with Crippen LogP contribution in [0.15, 0.2) is 36.7 Å². The molecular weight excluding hydrogens is 460 g/mol. The molecule has 7 nitrogen and oxygen atoms in total. The van der Waals surface area contributed by atoms with Crippen LogP contribution in [0, 0.1) is 0 Å². The minimum atomic E-state index is -0.327. The van der Waals surface area contributed by atoms with Crippen molar-refractivity contribution in [2.75, 3.05) is 32.6 Å². The van der Waals surface area contributed by atoms with E-state index in [1.807, 2.05) is 30.4 Å². The lowest BCUT2D eigenvalue weighted by Crippen LogP contribution is -2.33. The number of carbonyl (C=O) groups excluding carboxylic acids is 1. The maximum absolute atomic E-state index is 13.0. The number of ether oxygens (including phenoxy) is 2. The molecule has 3 aromatic rings. The van der Waals surface area contributed by atoms with E-state index >= 15 is 0 Å². The number of anilines is 1. The van der Waals surface area contributed by atoms with Crippen LogP contribution in [0.1, 0.15) is 35.9 Å². The van der Waals surface area contributed by atoms with E-state index in [0.29, 0.717) is 22.2 Å². The molecule has 0 bridgehead atoms. The van der Waals surface area contributed by atoms with Crippen LogP contribution in [0.5, 0.6) is 11.5 Å². The predicted molar refractivity (Wildman–Crippen MR) is 133 cm³/mol. The Labute approximate surface area is 203 Å². The largest absolute Gasteiger partial charge is 0.495 e. The number of likely N-dealkylation sites (N-methyl/N-ethyl adjacent to an activating group) is 1. The Kier molecular flexibility index (Phi) is 7.17. The van der Waals surface area contributed by atoms with Gasteiger partial charge in [0.1, 0.15) is 16.5 Å². The molecule has 1 atom stereocenters. The summed E-state index contributed by atoms with van der Waals surface area (Å²) < 4.78 is 12.8. The molecule has 0 spiro atoms. The van der Waals surface area contributed by atoms with Gasteiger partial charge >= 0.3 is 6.03 Å². The summed E-state index contributed by atoms with van der Waals surface area (Å²) in [6.07, 6.45) is 5.08. The third-order valence-electron chi connectivity index (χ3n) is 5.95. The zero-order valence-corrected chi connectivity index (χ0v) is 20.8. The normalized spacial score (nSPS) is 14.5. The fourth-order valence-electron chi connectivity index (χ4n) is 4.23. The van der Waals surface area contributed by atoms with Crippen LogP contribution < -0.4 is 20.1 Å². The Balaban J connectivity index is 1.59. The average Bonchev–Trinajstić information content (AvgIpc) is 3.46. The first kappa shape index (κ1) is 23.5. The SMILES string of the molecule is CCN1CCc2c(sc(-n3cccc3)c2[C@@H](C)NC(=O)Nc2cc(Cl)c(OC)cc2OC)C1. The summed E-state index contributed by atoms with van der Waals surface area (Å²) in [7, 11) is 3.07. The molecule has 2 amide bonds. The highest BCUT2D eigenvalue weighted by molar-refractivity contribution is 7.15. The van der Waals surface area contributed by atoms with Gasteiger partial charge in [-0.3, -0.25) is 4.90 Å². The van der Waals surface area contributed by atoms with Gasteiger partial charge in [0.25, 0.3) is 0 Å². The van der Waals surface area contributed by atoms with E-state index in [-0.39, 0.29) is 12.1 Å². The van der Waals surface area contributed by atoms with Crippen molar-refractivity contribution < 1.29 is 14.3 Å². The van der Waals surface area contributed by atoms with Gasteiger partial charge in [0.15, 0.2) is 0 Å². The molecule has 1 aromatic carbocycles. The van der Waals surface area contributed by atoms with E-state index in [0.717, 1.165) is 31.1 Å². The van der Waals surface area contributed by atoms with Crippen molar-refractivity contribution in [1.29, 1.82) is 0 Å². The number of methoxy groups -OCH3 is 2. The summed E-state index contributed by atoms with van der Waals surface area (Å²) in [5, 5.41) is 7.52. The maximum atomic E-state index is 13.0. The monoisotopic (exact) mass is 488 g/mol. The van der Waals surface area contributed by atoms with E-state index < -0.39 is 0 Å². The second-order valence-electron chi connectivity index (χ2n) is 7.94. The zero-order chi connectivity index (χ0) is 23.5. The molecule has 0 unspecified atom stereocenters. The van der Waals surface area contributed by atoms with Crippen molar-refractivity contribution in [2.45, 2.75) is 32.9 Å². The number of hydrogen-bond donors (Lipinski definition) is 2. The number of urea groups is 1. The standard InChI is InChI=1S/C24H29ClN4O3S/c1-5-28-11-8-16-21(14-28)33-23(29-9-6-7-10-29)22(16)15(2)26-24(30)27-18-12-17(25)19(31-3)13-20(18)32-4/h6-7,9-10,12-13,15H,5,8,11,14H2,1-4H3,(H2,26,27,30)/t15-/m1/s1. The summed E-state index contributed by atoms with van der Waals surface area (Å²) >= 11 is 8.06. The summed E-state index contributed by atoms with van der Waals surface area (Å²) in [4.78, 5) is 16.8. The van der Waals surface area contributed by atoms with Gasteiger partial charge in [-0.15, -0.1) is 11.3 Å². The minimum absolute atomic E-state index is 0.185. The Hall–Kier alpha value is -2.68. The van der Waals surface area contributed by atoms with Gasteiger partial charge in [-0.2, -0.15) is 0 Å². The average molecular weight is 489 g/mol. The van der Waals surface area contributed by atoms with E-state index in [1.165, 1.54) is 30.2 Å². The Morgan fingerprint density at radius 2 is 1.94 bits per heavy atom. The molecule has 1 aliphatic rings. The van der Waals surface area contributed by atoms with E-state index in [1.54, 1.807) is 12.1 Å². The number of fused-ring (bicyclic) bond motifs is 1. The fourth-order valence-corrected chi connectivity index (χ4v) is 5.92. The molecule has 2 aromatic heterocycles. The number of halogens is 1. The molecule has 9 heteroatoms. The lowest BCUT2D eigenvalue weighted by Gasteiger charge is -2.27. The van der Waals surface area contributed by atoms with Crippen molar-refractivity contribution in [2.24, 2.45) is 0 Å². The number of hydrogen-bond acceptors (Lipinski definition) is 5. The van der Waals surface area contributed by atoms with Crippen LogP contribution in [0.4, 0.5) is 10.5 Å². The summed E-state index contributed by atoms with van der Waals surface area (Å²) in [5.41, 5.74) is 3.01. The highest BCUT2D eigenvalue weighted by atomic mass is 35.5. The maximum Gasteiger partial charge on any atom is 0.319 e. The summed E-state index contributed by atoms with van der Waals surface area (Å²) in [6, 6.07) is 6.80. The summed E-state index contributed by atoms with van der Waals surface area (Å²) in [5.74, 6) is 0.954. The topological polar surface area (TPSA) is 67.8 Å². The molecule has 0 saturated heterocycles. The van der Waals surface area contributed by atoms with Crippen molar-refractivity contribution in [3.8, 4) is 16.5 Å². The molecule has 0 aliphatic carbocycles. The lowest BCUT2D eigenvalue weighted by molar-refractivity contribution is 0.249. The van der Waals surface area contributed by atoms with Gasteiger partial charge < -0.3 is 24.7 Å². The number of thiophene rings is 1. The van der Waals surface area contributed by atoms with Crippen molar-refractivity contribution in [3.05, 3.63) is 57.7 Å². The molecule has 2 N–H and O–H groups in total. The van der Waals surface area contributed by atoms with Crippen LogP contribution in [0.25, 0.3) is 5.00 Å². The Morgan fingerprint density at radius 1 is 1.21 bits per heavy atom. The molecule has 1 aliphatic heterocycles. The number of aromatic nitrogens is 1. The van der Waals surface area contributed by atoms with Crippen molar-refractivity contribution >= 4 is 34.7 Å². The lowest BCUT2D eigenvalue weighted by atomic mass is 9.98. The first-order chi connectivity index (χ1) is 15.9. The molecule has 3 heterocycles.